The van der Waals surface area contributed by atoms with Crippen molar-refractivity contribution in [2.24, 2.45) is 5.92 Å². The van der Waals surface area contributed by atoms with Crippen LogP contribution in [0.1, 0.15) is 30.9 Å². The molecule has 0 amide bonds. The standard InChI is InChI=1S/C14H18F3N/c1-10-8-11(6-7-18-10)9-12-4-2-3-5-13(12)14(15,16)17/h2-5,10-11,18H,6-9H2,1H3. The number of rotatable bonds is 2. The van der Waals surface area contributed by atoms with Crippen LogP contribution in [0.15, 0.2) is 24.3 Å². The molecule has 0 aliphatic carbocycles. The summed E-state index contributed by atoms with van der Waals surface area (Å²) in [6.45, 7) is 2.99. The molecule has 1 saturated heterocycles. The third-order valence-corrected chi connectivity index (χ3v) is 3.56. The van der Waals surface area contributed by atoms with Crippen LogP contribution in [0.25, 0.3) is 0 Å². The molecule has 0 radical (unpaired) electrons. The molecular weight excluding hydrogens is 239 g/mol. The first-order chi connectivity index (χ1) is 8.47. The van der Waals surface area contributed by atoms with Gasteiger partial charge in [-0.2, -0.15) is 13.2 Å². The van der Waals surface area contributed by atoms with E-state index in [0.717, 1.165) is 19.4 Å². The summed E-state index contributed by atoms with van der Waals surface area (Å²) in [5, 5.41) is 3.32. The molecule has 1 nitrogen and oxygen atoms in total. The third kappa shape index (κ3) is 3.25. The first-order valence-electron chi connectivity index (χ1n) is 6.35. The van der Waals surface area contributed by atoms with Gasteiger partial charge in [0.1, 0.15) is 0 Å². The molecule has 2 rings (SSSR count). The Hall–Kier alpha value is -1.03. The van der Waals surface area contributed by atoms with Crippen LogP contribution in [0.4, 0.5) is 13.2 Å². The van der Waals surface area contributed by atoms with Crippen LogP contribution < -0.4 is 5.32 Å². The summed E-state index contributed by atoms with van der Waals surface area (Å²) in [6.07, 6.45) is -1.81. The van der Waals surface area contributed by atoms with E-state index in [1.807, 2.05) is 0 Å². The van der Waals surface area contributed by atoms with E-state index in [4.69, 9.17) is 0 Å². The van der Waals surface area contributed by atoms with Crippen molar-refractivity contribution in [3.8, 4) is 0 Å². The average molecular weight is 257 g/mol. The fraction of sp³-hybridized carbons (Fsp3) is 0.571. The number of hydrogen-bond acceptors (Lipinski definition) is 1. The van der Waals surface area contributed by atoms with E-state index in [-0.39, 0.29) is 0 Å². The van der Waals surface area contributed by atoms with Crippen LogP contribution in [0.3, 0.4) is 0 Å². The fourth-order valence-corrected chi connectivity index (χ4v) is 2.71. The van der Waals surface area contributed by atoms with Crippen molar-refractivity contribution < 1.29 is 13.2 Å². The molecule has 2 atom stereocenters. The molecule has 100 valence electrons. The number of hydrogen-bond donors (Lipinski definition) is 1. The highest BCUT2D eigenvalue weighted by atomic mass is 19.4. The quantitative estimate of drug-likeness (QED) is 0.853. The van der Waals surface area contributed by atoms with Crippen LogP contribution >= 0.6 is 0 Å². The molecule has 1 aliphatic heterocycles. The lowest BCUT2D eigenvalue weighted by Gasteiger charge is -2.28. The normalized spacial score (nSPS) is 25.1. The second-order valence-corrected chi connectivity index (χ2v) is 5.10. The van der Waals surface area contributed by atoms with Gasteiger partial charge in [0, 0.05) is 6.04 Å². The topological polar surface area (TPSA) is 12.0 Å². The van der Waals surface area contributed by atoms with Gasteiger partial charge in [-0.3, -0.25) is 0 Å². The number of halogens is 3. The molecule has 1 aliphatic rings. The van der Waals surface area contributed by atoms with Crippen molar-refractivity contribution in [2.75, 3.05) is 6.54 Å². The zero-order chi connectivity index (χ0) is 13.2. The van der Waals surface area contributed by atoms with Gasteiger partial charge in [0.15, 0.2) is 0 Å². The molecule has 1 aromatic rings. The highest BCUT2D eigenvalue weighted by Crippen LogP contribution is 2.34. The van der Waals surface area contributed by atoms with E-state index in [1.165, 1.54) is 12.1 Å². The zero-order valence-electron chi connectivity index (χ0n) is 10.4. The highest BCUT2D eigenvalue weighted by Gasteiger charge is 2.33. The molecule has 1 fully saturated rings. The summed E-state index contributed by atoms with van der Waals surface area (Å²) < 4.78 is 38.6. The van der Waals surface area contributed by atoms with Crippen LogP contribution in [0.5, 0.6) is 0 Å². The monoisotopic (exact) mass is 257 g/mol. The number of alkyl halides is 3. The lowest BCUT2D eigenvalue weighted by Crippen LogP contribution is -2.36. The summed E-state index contributed by atoms with van der Waals surface area (Å²) >= 11 is 0. The van der Waals surface area contributed by atoms with Crippen LogP contribution in [-0.4, -0.2) is 12.6 Å². The predicted octanol–water partition coefficient (Wildman–Crippen LogP) is 3.64. The van der Waals surface area contributed by atoms with Gasteiger partial charge in [-0.1, -0.05) is 18.2 Å². The maximum Gasteiger partial charge on any atom is 0.416 e. The smallest absolute Gasteiger partial charge is 0.314 e. The number of piperidine rings is 1. The van der Waals surface area contributed by atoms with Crippen molar-refractivity contribution in [1.29, 1.82) is 0 Å². The van der Waals surface area contributed by atoms with Gasteiger partial charge in [-0.15, -0.1) is 0 Å². The molecule has 2 unspecified atom stereocenters. The van der Waals surface area contributed by atoms with E-state index in [0.29, 0.717) is 23.9 Å². The van der Waals surface area contributed by atoms with Gasteiger partial charge < -0.3 is 5.32 Å². The first kappa shape index (κ1) is 13.4. The van der Waals surface area contributed by atoms with E-state index < -0.39 is 11.7 Å². The predicted molar refractivity (Wildman–Crippen MR) is 65.3 cm³/mol. The molecule has 1 heterocycles. The van der Waals surface area contributed by atoms with Gasteiger partial charge >= 0.3 is 6.18 Å². The summed E-state index contributed by atoms with van der Waals surface area (Å²) in [5.41, 5.74) is -0.0414. The first-order valence-corrected chi connectivity index (χ1v) is 6.35. The minimum absolute atomic E-state index is 0.352. The summed E-state index contributed by atoms with van der Waals surface area (Å²) in [5.74, 6) is 0.352. The van der Waals surface area contributed by atoms with Crippen molar-refractivity contribution in [2.45, 2.75) is 38.4 Å². The van der Waals surface area contributed by atoms with Gasteiger partial charge in [0.05, 0.1) is 5.56 Å². The fourth-order valence-electron chi connectivity index (χ4n) is 2.71. The molecule has 1 aromatic carbocycles. The lowest BCUT2D eigenvalue weighted by molar-refractivity contribution is -0.138. The SMILES string of the molecule is CC1CC(Cc2ccccc2C(F)(F)F)CCN1. The number of nitrogens with one attached hydrogen (secondary N) is 1. The van der Waals surface area contributed by atoms with Gasteiger partial charge in [-0.25, -0.2) is 0 Å². The van der Waals surface area contributed by atoms with Crippen molar-refractivity contribution in [3.05, 3.63) is 35.4 Å². The largest absolute Gasteiger partial charge is 0.416 e. The average Bonchev–Trinajstić information content (AvgIpc) is 2.28. The molecule has 0 spiro atoms. The van der Waals surface area contributed by atoms with Crippen LogP contribution in [0.2, 0.25) is 0 Å². The highest BCUT2D eigenvalue weighted by molar-refractivity contribution is 5.30. The van der Waals surface area contributed by atoms with E-state index in [1.54, 1.807) is 12.1 Å². The lowest BCUT2D eigenvalue weighted by atomic mass is 9.86. The molecule has 0 bridgehead atoms. The van der Waals surface area contributed by atoms with Crippen LogP contribution in [0, 0.1) is 5.92 Å². The number of benzene rings is 1. The molecule has 18 heavy (non-hydrogen) atoms. The minimum Gasteiger partial charge on any atom is -0.314 e. The van der Waals surface area contributed by atoms with Crippen molar-refractivity contribution in [3.63, 3.8) is 0 Å². The van der Waals surface area contributed by atoms with Crippen molar-refractivity contribution >= 4 is 0 Å². The second-order valence-electron chi connectivity index (χ2n) is 5.10. The Morgan fingerprint density at radius 2 is 2.00 bits per heavy atom. The van der Waals surface area contributed by atoms with Gasteiger partial charge in [0.25, 0.3) is 0 Å². The maximum atomic E-state index is 12.9. The van der Waals surface area contributed by atoms with Crippen molar-refractivity contribution in [1.82, 2.24) is 5.32 Å². The minimum atomic E-state index is -4.24. The zero-order valence-corrected chi connectivity index (χ0v) is 10.4. The van der Waals surface area contributed by atoms with Gasteiger partial charge in [0.2, 0.25) is 0 Å². The Labute approximate surface area is 105 Å². The van der Waals surface area contributed by atoms with E-state index in [2.05, 4.69) is 12.2 Å². The van der Waals surface area contributed by atoms with Crippen LogP contribution in [-0.2, 0) is 12.6 Å². The Morgan fingerprint density at radius 1 is 1.28 bits per heavy atom. The Balaban J connectivity index is 2.13. The molecular formula is C14H18F3N. The summed E-state index contributed by atoms with van der Waals surface area (Å²) in [7, 11) is 0. The molecule has 0 aromatic heterocycles. The summed E-state index contributed by atoms with van der Waals surface area (Å²) in [4.78, 5) is 0. The molecule has 4 heteroatoms. The van der Waals surface area contributed by atoms with E-state index >= 15 is 0 Å². The summed E-state index contributed by atoms with van der Waals surface area (Å²) in [6, 6.07) is 6.34. The van der Waals surface area contributed by atoms with E-state index in [9.17, 15) is 13.2 Å². The molecule has 0 saturated carbocycles. The molecule has 1 N–H and O–H groups in total. The maximum absolute atomic E-state index is 12.9. The Morgan fingerprint density at radius 3 is 2.67 bits per heavy atom. The van der Waals surface area contributed by atoms with Gasteiger partial charge in [-0.05, 0) is 50.3 Å². The Kier molecular flexibility index (Phi) is 3.95. The third-order valence-electron chi connectivity index (χ3n) is 3.56. The Bertz CT molecular complexity index is 400. The second kappa shape index (κ2) is 5.31.